The van der Waals surface area contributed by atoms with Gasteiger partial charge in [-0.05, 0) is 41.2 Å². The second kappa shape index (κ2) is 7.75. The van der Waals surface area contributed by atoms with Crippen molar-refractivity contribution in [3.8, 4) is 6.07 Å². The number of benzene rings is 1. The topological polar surface area (TPSA) is 27.0 Å². The van der Waals surface area contributed by atoms with Crippen LogP contribution in [0.1, 0.15) is 19.4 Å². The molecule has 0 N–H and O–H groups in total. The molecule has 0 unspecified atom stereocenters. The summed E-state index contributed by atoms with van der Waals surface area (Å²) in [7, 11) is 0. The predicted octanol–water partition coefficient (Wildman–Crippen LogP) is 3.75. The maximum atomic E-state index is 9.10. The molecule has 0 saturated heterocycles. The van der Waals surface area contributed by atoms with Crippen LogP contribution in [-0.4, -0.2) is 30.3 Å². The molecule has 0 spiro atoms. The molecule has 2 nitrogen and oxygen atoms in total. The number of rotatable bonds is 6. The minimum atomic E-state index is 0.747. The van der Waals surface area contributed by atoms with E-state index in [0.29, 0.717) is 0 Å². The Balaban J connectivity index is 2.58. The summed E-state index contributed by atoms with van der Waals surface area (Å²) in [5.74, 6) is 1.02. The maximum Gasteiger partial charge on any atom is 0.101 e. The molecule has 1 aromatic carbocycles. The Hall–Kier alpha value is -0.500. The van der Waals surface area contributed by atoms with Crippen LogP contribution in [0.2, 0.25) is 0 Å². The maximum absolute atomic E-state index is 9.10. The summed E-state index contributed by atoms with van der Waals surface area (Å²) >= 11 is 5.16. The average Bonchev–Trinajstić information content (AvgIpc) is 2.35. The average molecular weight is 313 g/mol. The van der Waals surface area contributed by atoms with Crippen LogP contribution in [0.4, 0.5) is 0 Å². The van der Waals surface area contributed by atoms with E-state index < -0.39 is 0 Å². The first-order valence-electron chi connectivity index (χ1n) is 5.76. The van der Waals surface area contributed by atoms with Crippen LogP contribution in [0.25, 0.3) is 0 Å². The van der Waals surface area contributed by atoms with E-state index in [1.165, 1.54) is 0 Å². The van der Waals surface area contributed by atoms with E-state index in [1.807, 2.05) is 18.2 Å². The Labute approximate surface area is 116 Å². The van der Waals surface area contributed by atoms with E-state index in [-0.39, 0.29) is 0 Å². The van der Waals surface area contributed by atoms with Gasteiger partial charge in [0.05, 0.1) is 5.56 Å². The zero-order chi connectivity index (χ0) is 12.7. The molecule has 0 atom stereocenters. The summed E-state index contributed by atoms with van der Waals surface area (Å²) in [6.07, 6.45) is 0. The predicted molar refractivity (Wildman–Crippen MR) is 77.4 cm³/mol. The highest BCUT2D eigenvalue weighted by Gasteiger charge is 2.07. The van der Waals surface area contributed by atoms with E-state index in [9.17, 15) is 0 Å². The molecule has 0 fully saturated rings. The summed E-state index contributed by atoms with van der Waals surface area (Å²) in [5, 5.41) is 9.10. The summed E-state index contributed by atoms with van der Waals surface area (Å²) in [4.78, 5) is 3.45. The molecule has 0 aliphatic heterocycles. The van der Waals surface area contributed by atoms with E-state index in [1.54, 1.807) is 11.8 Å². The van der Waals surface area contributed by atoms with Crippen molar-refractivity contribution in [2.75, 3.05) is 25.4 Å². The normalized spacial score (nSPS) is 10.5. The van der Waals surface area contributed by atoms with E-state index >= 15 is 0 Å². The third kappa shape index (κ3) is 4.34. The van der Waals surface area contributed by atoms with E-state index in [2.05, 4.69) is 40.7 Å². The van der Waals surface area contributed by atoms with E-state index in [0.717, 1.165) is 40.3 Å². The molecule has 0 aliphatic rings. The number of nitriles is 1. The molecular weight excluding hydrogens is 296 g/mol. The minimum Gasteiger partial charge on any atom is -0.303 e. The van der Waals surface area contributed by atoms with Gasteiger partial charge in [0.25, 0.3) is 0 Å². The van der Waals surface area contributed by atoms with Crippen LogP contribution < -0.4 is 0 Å². The Kier molecular flexibility index (Phi) is 6.64. The van der Waals surface area contributed by atoms with Crippen molar-refractivity contribution in [3.63, 3.8) is 0 Å². The molecule has 0 heterocycles. The van der Waals surface area contributed by atoms with Crippen molar-refractivity contribution in [1.29, 1.82) is 5.26 Å². The van der Waals surface area contributed by atoms with Crippen LogP contribution in [0.15, 0.2) is 27.6 Å². The van der Waals surface area contributed by atoms with Gasteiger partial charge in [0.1, 0.15) is 6.07 Å². The molecule has 0 radical (unpaired) electrons. The molecule has 0 saturated carbocycles. The molecule has 0 aromatic heterocycles. The summed E-state index contributed by atoms with van der Waals surface area (Å²) in [5.41, 5.74) is 0.747. The van der Waals surface area contributed by atoms with Gasteiger partial charge in [-0.3, -0.25) is 0 Å². The van der Waals surface area contributed by atoms with Crippen molar-refractivity contribution in [2.24, 2.45) is 0 Å². The van der Waals surface area contributed by atoms with Crippen LogP contribution in [0.5, 0.6) is 0 Å². The molecule has 1 rings (SSSR count). The molecular formula is C13H17BrN2S. The molecule has 0 bridgehead atoms. The fourth-order valence-corrected chi connectivity index (χ4v) is 3.19. The third-order valence-electron chi connectivity index (χ3n) is 2.65. The SMILES string of the molecule is CCN(CC)CCSc1cccc(Br)c1C#N. The molecule has 92 valence electrons. The number of hydrogen-bond donors (Lipinski definition) is 0. The molecule has 1 aromatic rings. The third-order valence-corrected chi connectivity index (χ3v) is 4.35. The second-order valence-corrected chi connectivity index (χ2v) is 5.59. The summed E-state index contributed by atoms with van der Waals surface area (Å²) in [6, 6.07) is 8.15. The lowest BCUT2D eigenvalue weighted by Gasteiger charge is -2.17. The summed E-state index contributed by atoms with van der Waals surface area (Å²) < 4.78 is 0.882. The van der Waals surface area contributed by atoms with Crippen molar-refractivity contribution in [1.82, 2.24) is 4.90 Å². The van der Waals surface area contributed by atoms with Gasteiger partial charge in [0, 0.05) is 21.7 Å². The first kappa shape index (κ1) is 14.6. The standard InChI is InChI=1S/C13H17BrN2S/c1-3-16(4-2)8-9-17-13-7-5-6-12(14)11(13)10-15/h5-7H,3-4,8-9H2,1-2H3. The fraction of sp³-hybridized carbons (Fsp3) is 0.462. The number of thioether (sulfide) groups is 1. The second-order valence-electron chi connectivity index (χ2n) is 3.60. The highest BCUT2D eigenvalue weighted by molar-refractivity contribution is 9.10. The van der Waals surface area contributed by atoms with Gasteiger partial charge in [0.2, 0.25) is 0 Å². The van der Waals surface area contributed by atoms with Crippen molar-refractivity contribution >= 4 is 27.7 Å². The zero-order valence-corrected chi connectivity index (χ0v) is 12.6. The fourth-order valence-electron chi connectivity index (χ4n) is 1.56. The molecule has 4 heteroatoms. The van der Waals surface area contributed by atoms with Crippen molar-refractivity contribution in [3.05, 3.63) is 28.2 Å². The monoisotopic (exact) mass is 312 g/mol. The molecule has 0 aliphatic carbocycles. The highest BCUT2D eigenvalue weighted by Crippen LogP contribution is 2.27. The van der Waals surface area contributed by atoms with Crippen LogP contribution in [0, 0.1) is 11.3 Å². The quantitative estimate of drug-likeness (QED) is 0.748. The van der Waals surface area contributed by atoms with Crippen LogP contribution in [0.3, 0.4) is 0 Å². The molecule has 17 heavy (non-hydrogen) atoms. The van der Waals surface area contributed by atoms with Gasteiger partial charge in [-0.2, -0.15) is 5.26 Å². The smallest absolute Gasteiger partial charge is 0.101 e. The number of halogens is 1. The number of nitrogens with zero attached hydrogens (tertiary/aromatic N) is 2. The first-order valence-corrected chi connectivity index (χ1v) is 7.54. The largest absolute Gasteiger partial charge is 0.303 e. The van der Waals surface area contributed by atoms with Crippen molar-refractivity contribution < 1.29 is 0 Å². The zero-order valence-electron chi connectivity index (χ0n) is 10.2. The first-order chi connectivity index (χ1) is 8.22. The van der Waals surface area contributed by atoms with Gasteiger partial charge in [0.15, 0.2) is 0 Å². The van der Waals surface area contributed by atoms with Gasteiger partial charge in [-0.15, -0.1) is 11.8 Å². The van der Waals surface area contributed by atoms with Crippen molar-refractivity contribution in [2.45, 2.75) is 18.7 Å². The van der Waals surface area contributed by atoms with Gasteiger partial charge in [-0.25, -0.2) is 0 Å². The highest BCUT2D eigenvalue weighted by atomic mass is 79.9. The van der Waals surface area contributed by atoms with E-state index in [4.69, 9.17) is 5.26 Å². The van der Waals surface area contributed by atoms with Crippen LogP contribution in [-0.2, 0) is 0 Å². The lowest BCUT2D eigenvalue weighted by molar-refractivity contribution is 0.324. The summed E-state index contributed by atoms with van der Waals surface area (Å²) in [6.45, 7) is 7.58. The lowest BCUT2D eigenvalue weighted by Crippen LogP contribution is -2.25. The Morgan fingerprint density at radius 2 is 2.06 bits per heavy atom. The van der Waals surface area contributed by atoms with Crippen LogP contribution >= 0.6 is 27.7 Å². The molecule has 0 amide bonds. The Morgan fingerprint density at radius 3 is 2.65 bits per heavy atom. The number of hydrogen-bond acceptors (Lipinski definition) is 3. The van der Waals surface area contributed by atoms with Gasteiger partial charge in [-0.1, -0.05) is 19.9 Å². The Bertz CT molecular complexity index is 397. The lowest BCUT2D eigenvalue weighted by atomic mass is 10.2. The minimum absolute atomic E-state index is 0.747. The Morgan fingerprint density at radius 1 is 1.35 bits per heavy atom. The van der Waals surface area contributed by atoms with Gasteiger partial charge >= 0.3 is 0 Å². The van der Waals surface area contributed by atoms with Gasteiger partial charge < -0.3 is 4.90 Å².